The van der Waals surface area contributed by atoms with Gasteiger partial charge in [0.15, 0.2) is 0 Å². The molecular weight excluding hydrogens is 186 g/mol. The number of rotatable bonds is 6. The maximum Gasteiger partial charge on any atom is 0.0101 e. The summed E-state index contributed by atoms with van der Waals surface area (Å²) in [5.74, 6) is 0.912. The zero-order valence-electron chi connectivity index (χ0n) is 10.6. The molecule has 1 N–H and O–H groups in total. The topological polar surface area (TPSA) is 18.5 Å². The third-order valence-electron chi connectivity index (χ3n) is 3.32. The highest BCUT2D eigenvalue weighted by atomic mass is 15.1. The molecule has 0 radical (unpaired) electrons. The van der Waals surface area contributed by atoms with E-state index in [1.807, 2.05) is 0 Å². The molecule has 0 saturated carbocycles. The molecule has 0 aliphatic carbocycles. The van der Waals surface area contributed by atoms with Crippen molar-refractivity contribution in [2.45, 2.75) is 19.8 Å². The average Bonchev–Trinajstić information content (AvgIpc) is 2.25. The van der Waals surface area contributed by atoms with E-state index in [1.54, 1.807) is 0 Å². The van der Waals surface area contributed by atoms with E-state index < -0.39 is 0 Å². The van der Waals surface area contributed by atoms with Gasteiger partial charge in [0.2, 0.25) is 0 Å². The molecule has 0 aromatic carbocycles. The van der Waals surface area contributed by atoms with Gasteiger partial charge in [-0.2, -0.15) is 0 Å². The van der Waals surface area contributed by atoms with Gasteiger partial charge in [0.05, 0.1) is 0 Å². The van der Waals surface area contributed by atoms with Gasteiger partial charge in [-0.05, 0) is 59.0 Å². The molecule has 1 aliphatic rings. The van der Waals surface area contributed by atoms with Crippen LogP contribution in [-0.4, -0.2) is 63.2 Å². The Morgan fingerprint density at radius 2 is 1.93 bits per heavy atom. The highest BCUT2D eigenvalue weighted by Gasteiger charge is 2.17. The average molecular weight is 213 g/mol. The number of hydrogen-bond acceptors (Lipinski definition) is 3. The van der Waals surface area contributed by atoms with E-state index in [2.05, 4.69) is 36.1 Å². The molecule has 15 heavy (non-hydrogen) atoms. The Bertz CT molecular complexity index is 151. The quantitative estimate of drug-likeness (QED) is 0.661. The number of nitrogens with one attached hydrogen (secondary N) is 1. The zero-order valence-corrected chi connectivity index (χ0v) is 10.6. The summed E-state index contributed by atoms with van der Waals surface area (Å²) in [5.41, 5.74) is 0. The number of piperidine rings is 1. The predicted octanol–water partition coefficient (Wildman–Crippen LogP) is 0.870. The van der Waals surface area contributed by atoms with Crippen LogP contribution in [0.15, 0.2) is 0 Å². The normalized spacial score (nSPS) is 20.0. The number of nitrogens with zero attached hydrogens (tertiary/aromatic N) is 2. The summed E-state index contributed by atoms with van der Waals surface area (Å²) >= 11 is 0. The lowest BCUT2D eigenvalue weighted by molar-refractivity contribution is 0.189. The second kappa shape index (κ2) is 7.20. The first kappa shape index (κ1) is 12.9. The summed E-state index contributed by atoms with van der Waals surface area (Å²) in [6, 6.07) is 0. The minimum atomic E-state index is 0.912. The summed E-state index contributed by atoms with van der Waals surface area (Å²) in [6.45, 7) is 9.57. The van der Waals surface area contributed by atoms with E-state index in [4.69, 9.17) is 0 Å². The number of likely N-dealkylation sites (N-methyl/N-ethyl adjacent to an activating group) is 1. The zero-order chi connectivity index (χ0) is 11.1. The Labute approximate surface area is 94.8 Å². The molecule has 1 fully saturated rings. The van der Waals surface area contributed by atoms with Crippen LogP contribution in [0.5, 0.6) is 0 Å². The second-order valence-corrected chi connectivity index (χ2v) is 4.89. The van der Waals surface area contributed by atoms with Crippen molar-refractivity contribution in [2.24, 2.45) is 5.92 Å². The smallest absolute Gasteiger partial charge is 0.0101 e. The Morgan fingerprint density at radius 3 is 2.47 bits per heavy atom. The molecule has 0 aromatic heterocycles. The Hall–Kier alpha value is -0.120. The molecule has 3 nitrogen and oxygen atoms in total. The molecule has 3 heteroatoms. The van der Waals surface area contributed by atoms with E-state index in [9.17, 15) is 0 Å². The van der Waals surface area contributed by atoms with Crippen molar-refractivity contribution in [1.82, 2.24) is 15.1 Å². The SMILES string of the molecule is CCN1CCC(CNCCN(C)C)CC1. The Balaban J connectivity index is 1.99. The van der Waals surface area contributed by atoms with Gasteiger partial charge in [-0.3, -0.25) is 0 Å². The van der Waals surface area contributed by atoms with Gasteiger partial charge in [-0.15, -0.1) is 0 Å². The van der Waals surface area contributed by atoms with Crippen molar-refractivity contribution in [2.75, 3.05) is 53.4 Å². The molecule has 0 unspecified atom stereocenters. The van der Waals surface area contributed by atoms with Crippen LogP contribution in [0.2, 0.25) is 0 Å². The minimum absolute atomic E-state index is 0.912. The van der Waals surface area contributed by atoms with Crippen molar-refractivity contribution >= 4 is 0 Å². The van der Waals surface area contributed by atoms with E-state index in [1.165, 1.54) is 39.0 Å². The lowest BCUT2D eigenvalue weighted by Gasteiger charge is -2.31. The molecule has 0 spiro atoms. The number of hydrogen-bond donors (Lipinski definition) is 1. The van der Waals surface area contributed by atoms with Gasteiger partial charge in [0.1, 0.15) is 0 Å². The van der Waals surface area contributed by atoms with Crippen LogP contribution in [0.4, 0.5) is 0 Å². The fourth-order valence-corrected chi connectivity index (χ4v) is 2.12. The highest BCUT2D eigenvalue weighted by molar-refractivity contribution is 4.73. The third-order valence-corrected chi connectivity index (χ3v) is 3.32. The summed E-state index contributed by atoms with van der Waals surface area (Å²) in [5, 5.41) is 3.56. The molecule has 1 saturated heterocycles. The largest absolute Gasteiger partial charge is 0.315 e. The van der Waals surface area contributed by atoms with Crippen LogP contribution < -0.4 is 5.32 Å². The van der Waals surface area contributed by atoms with E-state index in [0.717, 1.165) is 19.0 Å². The monoisotopic (exact) mass is 213 g/mol. The summed E-state index contributed by atoms with van der Waals surface area (Å²) in [6.07, 6.45) is 2.76. The molecule has 0 atom stereocenters. The molecular formula is C12H27N3. The van der Waals surface area contributed by atoms with Gasteiger partial charge in [-0.25, -0.2) is 0 Å². The molecule has 1 rings (SSSR count). The van der Waals surface area contributed by atoms with Gasteiger partial charge in [0.25, 0.3) is 0 Å². The van der Waals surface area contributed by atoms with Crippen LogP contribution in [0.3, 0.4) is 0 Å². The molecule has 0 bridgehead atoms. The third kappa shape index (κ3) is 5.50. The van der Waals surface area contributed by atoms with E-state index in [0.29, 0.717) is 0 Å². The van der Waals surface area contributed by atoms with Crippen LogP contribution in [-0.2, 0) is 0 Å². The first-order valence-electron chi connectivity index (χ1n) is 6.30. The van der Waals surface area contributed by atoms with Crippen molar-refractivity contribution in [3.63, 3.8) is 0 Å². The fraction of sp³-hybridized carbons (Fsp3) is 1.00. The molecule has 1 heterocycles. The Morgan fingerprint density at radius 1 is 1.27 bits per heavy atom. The fourth-order valence-electron chi connectivity index (χ4n) is 2.12. The van der Waals surface area contributed by atoms with E-state index >= 15 is 0 Å². The second-order valence-electron chi connectivity index (χ2n) is 4.89. The van der Waals surface area contributed by atoms with Crippen molar-refractivity contribution in [1.29, 1.82) is 0 Å². The van der Waals surface area contributed by atoms with Crippen LogP contribution in [0.25, 0.3) is 0 Å². The van der Waals surface area contributed by atoms with Gasteiger partial charge >= 0.3 is 0 Å². The van der Waals surface area contributed by atoms with Crippen molar-refractivity contribution < 1.29 is 0 Å². The standard InChI is InChI=1S/C12H27N3/c1-4-15-8-5-12(6-9-15)11-13-7-10-14(2)3/h12-13H,4-11H2,1-3H3. The summed E-state index contributed by atoms with van der Waals surface area (Å²) < 4.78 is 0. The summed E-state index contributed by atoms with van der Waals surface area (Å²) in [4.78, 5) is 4.78. The number of likely N-dealkylation sites (tertiary alicyclic amines) is 1. The predicted molar refractivity (Wildman–Crippen MR) is 66.3 cm³/mol. The lowest BCUT2D eigenvalue weighted by atomic mass is 9.97. The lowest BCUT2D eigenvalue weighted by Crippen LogP contribution is -2.38. The molecule has 1 aliphatic heterocycles. The van der Waals surface area contributed by atoms with Crippen LogP contribution >= 0.6 is 0 Å². The molecule has 0 aromatic rings. The van der Waals surface area contributed by atoms with Gasteiger partial charge in [0, 0.05) is 13.1 Å². The maximum absolute atomic E-state index is 3.56. The Kier molecular flexibility index (Phi) is 6.22. The van der Waals surface area contributed by atoms with Crippen molar-refractivity contribution in [3.05, 3.63) is 0 Å². The first-order chi connectivity index (χ1) is 7.22. The van der Waals surface area contributed by atoms with Crippen molar-refractivity contribution in [3.8, 4) is 0 Å². The van der Waals surface area contributed by atoms with Gasteiger partial charge < -0.3 is 15.1 Å². The maximum atomic E-state index is 3.56. The molecule has 90 valence electrons. The van der Waals surface area contributed by atoms with Crippen LogP contribution in [0.1, 0.15) is 19.8 Å². The summed E-state index contributed by atoms with van der Waals surface area (Å²) in [7, 11) is 4.25. The minimum Gasteiger partial charge on any atom is -0.315 e. The first-order valence-corrected chi connectivity index (χ1v) is 6.30. The van der Waals surface area contributed by atoms with E-state index in [-0.39, 0.29) is 0 Å². The highest BCUT2D eigenvalue weighted by Crippen LogP contribution is 2.15. The molecule has 0 amide bonds. The van der Waals surface area contributed by atoms with Gasteiger partial charge in [-0.1, -0.05) is 6.92 Å². The van der Waals surface area contributed by atoms with Crippen LogP contribution in [0, 0.1) is 5.92 Å².